The van der Waals surface area contributed by atoms with Crippen LogP contribution in [0, 0.1) is 0 Å². The molecule has 3 N–H and O–H groups in total. The van der Waals surface area contributed by atoms with Crippen LogP contribution >= 0.6 is 0 Å². The molecule has 1 atom stereocenters. The molecule has 0 bridgehead atoms. The summed E-state index contributed by atoms with van der Waals surface area (Å²) in [6.45, 7) is 2.55. The molecule has 6 heteroatoms. The number of likely N-dealkylation sites (tertiary alicyclic amines) is 1. The lowest BCUT2D eigenvalue weighted by molar-refractivity contribution is -0.136. The summed E-state index contributed by atoms with van der Waals surface area (Å²) in [5, 5.41) is 2.62. The Kier molecular flexibility index (Phi) is 6.98. The van der Waals surface area contributed by atoms with Crippen molar-refractivity contribution in [2.45, 2.75) is 51.5 Å². The first-order chi connectivity index (χ1) is 12.0. The molecule has 1 aromatic carbocycles. The van der Waals surface area contributed by atoms with Crippen LogP contribution in [0.4, 0.5) is 0 Å². The predicted molar refractivity (Wildman–Crippen MR) is 95.9 cm³/mol. The smallest absolute Gasteiger partial charge is 0.251 e. The number of amides is 3. The van der Waals surface area contributed by atoms with Crippen molar-refractivity contribution < 1.29 is 14.4 Å². The van der Waals surface area contributed by atoms with Gasteiger partial charge in [0.25, 0.3) is 5.91 Å². The van der Waals surface area contributed by atoms with Gasteiger partial charge >= 0.3 is 0 Å². The minimum atomic E-state index is -0.549. The van der Waals surface area contributed by atoms with Gasteiger partial charge < -0.3 is 16.0 Å². The lowest BCUT2D eigenvalue weighted by Crippen LogP contribution is -2.47. The highest BCUT2D eigenvalue weighted by Gasteiger charge is 2.32. The second kappa shape index (κ2) is 9.20. The minimum Gasteiger partial charge on any atom is -0.368 e. The molecule has 1 saturated heterocycles. The Morgan fingerprint density at radius 1 is 1.20 bits per heavy atom. The Balaban J connectivity index is 1.83. The van der Waals surface area contributed by atoms with E-state index in [1.54, 1.807) is 12.1 Å². The molecule has 1 fully saturated rings. The number of nitrogens with zero attached hydrogens (tertiary/aromatic N) is 1. The topological polar surface area (TPSA) is 92.5 Å². The van der Waals surface area contributed by atoms with Crippen molar-refractivity contribution in [2.24, 2.45) is 5.73 Å². The highest BCUT2D eigenvalue weighted by molar-refractivity contribution is 5.97. The summed E-state index contributed by atoms with van der Waals surface area (Å²) in [5.74, 6) is -1.05. The molecular weight excluding hydrogens is 318 g/mol. The molecule has 0 saturated carbocycles. The lowest BCUT2D eigenvalue weighted by atomic mass is 10.1. The van der Waals surface area contributed by atoms with Crippen molar-refractivity contribution in [1.82, 2.24) is 10.2 Å². The molecule has 2 rings (SSSR count). The van der Waals surface area contributed by atoms with E-state index in [9.17, 15) is 14.4 Å². The number of carbonyl (C=O) groups excluding carboxylic acids is 3. The SMILES string of the molecule is CCCCCc1ccc(C(=O)NCC(=O)N2CCCC2C(N)=O)cc1. The number of hydrogen-bond acceptors (Lipinski definition) is 3. The molecule has 1 heterocycles. The van der Waals surface area contributed by atoms with E-state index in [-0.39, 0.29) is 18.4 Å². The van der Waals surface area contributed by atoms with Gasteiger partial charge in [-0.1, -0.05) is 31.9 Å². The summed E-state index contributed by atoms with van der Waals surface area (Å²) in [5.41, 5.74) is 7.05. The fourth-order valence-corrected chi connectivity index (χ4v) is 3.12. The van der Waals surface area contributed by atoms with Crippen molar-refractivity contribution >= 4 is 17.7 Å². The van der Waals surface area contributed by atoms with Gasteiger partial charge in [-0.15, -0.1) is 0 Å². The average molecular weight is 345 g/mol. The van der Waals surface area contributed by atoms with Crippen LogP contribution in [0.25, 0.3) is 0 Å². The van der Waals surface area contributed by atoms with Crippen LogP contribution in [0.5, 0.6) is 0 Å². The quantitative estimate of drug-likeness (QED) is 0.701. The Hall–Kier alpha value is -2.37. The van der Waals surface area contributed by atoms with Crippen LogP contribution in [0.15, 0.2) is 24.3 Å². The molecule has 1 aliphatic heterocycles. The zero-order chi connectivity index (χ0) is 18.2. The molecule has 0 aliphatic carbocycles. The van der Waals surface area contributed by atoms with Gasteiger partial charge in [-0.2, -0.15) is 0 Å². The second-order valence-corrected chi connectivity index (χ2v) is 6.48. The molecule has 3 amide bonds. The maximum Gasteiger partial charge on any atom is 0.251 e. The first kappa shape index (κ1) is 19.0. The number of aryl methyl sites for hydroxylation is 1. The summed E-state index contributed by atoms with van der Waals surface area (Å²) < 4.78 is 0. The standard InChI is InChI=1S/C19H27N3O3/c1-2-3-4-6-14-8-10-15(11-9-14)19(25)21-13-17(23)22-12-5-7-16(22)18(20)24/h8-11,16H,2-7,12-13H2,1H3,(H2,20,24)(H,21,25). The van der Waals surface area contributed by atoms with Gasteiger partial charge in [0.05, 0.1) is 6.54 Å². The normalized spacial score (nSPS) is 16.7. The van der Waals surface area contributed by atoms with E-state index < -0.39 is 11.9 Å². The molecule has 0 spiro atoms. The van der Waals surface area contributed by atoms with Gasteiger partial charge in [-0.05, 0) is 43.4 Å². The van der Waals surface area contributed by atoms with Crippen molar-refractivity contribution in [1.29, 1.82) is 0 Å². The van der Waals surface area contributed by atoms with Gasteiger partial charge in [0.15, 0.2) is 0 Å². The van der Waals surface area contributed by atoms with Crippen molar-refractivity contribution in [3.8, 4) is 0 Å². The number of benzene rings is 1. The maximum atomic E-state index is 12.2. The van der Waals surface area contributed by atoms with Crippen molar-refractivity contribution in [3.63, 3.8) is 0 Å². The second-order valence-electron chi connectivity index (χ2n) is 6.48. The van der Waals surface area contributed by atoms with E-state index >= 15 is 0 Å². The third kappa shape index (κ3) is 5.31. The van der Waals surface area contributed by atoms with E-state index in [1.807, 2.05) is 12.1 Å². The highest BCUT2D eigenvalue weighted by Crippen LogP contribution is 2.16. The molecule has 136 valence electrons. The van der Waals surface area contributed by atoms with Crippen molar-refractivity contribution in [2.75, 3.05) is 13.1 Å². The Labute approximate surface area is 148 Å². The summed E-state index contributed by atoms with van der Waals surface area (Å²) in [6, 6.07) is 6.92. The third-order valence-electron chi connectivity index (χ3n) is 4.59. The van der Waals surface area contributed by atoms with Gasteiger partial charge in [-0.3, -0.25) is 14.4 Å². The van der Waals surface area contributed by atoms with Gasteiger partial charge in [0.1, 0.15) is 6.04 Å². The van der Waals surface area contributed by atoms with Gasteiger partial charge in [0.2, 0.25) is 11.8 Å². The van der Waals surface area contributed by atoms with Gasteiger partial charge in [-0.25, -0.2) is 0 Å². The number of rotatable bonds is 8. The lowest BCUT2D eigenvalue weighted by Gasteiger charge is -2.22. The van der Waals surface area contributed by atoms with Crippen LogP contribution in [0.2, 0.25) is 0 Å². The first-order valence-electron chi connectivity index (χ1n) is 8.99. The van der Waals surface area contributed by atoms with E-state index in [0.717, 1.165) is 19.3 Å². The zero-order valence-electron chi connectivity index (χ0n) is 14.8. The third-order valence-corrected chi connectivity index (χ3v) is 4.59. The van der Waals surface area contributed by atoms with Gasteiger partial charge in [0, 0.05) is 12.1 Å². The van der Waals surface area contributed by atoms with Crippen molar-refractivity contribution in [3.05, 3.63) is 35.4 Å². The predicted octanol–water partition coefficient (Wildman–Crippen LogP) is 1.63. The molecule has 1 aromatic rings. The number of nitrogens with one attached hydrogen (secondary N) is 1. The molecule has 25 heavy (non-hydrogen) atoms. The molecule has 6 nitrogen and oxygen atoms in total. The minimum absolute atomic E-state index is 0.124. The maximum absolute atomic E-state index is 12.2. The summed E-state index contributed by atoms with van der Waals surface area (Å²) in [4.78, 5) is 37.2. The van der Waals surface area contributed by atoms with Crippen LogP contribution < -0.4 is 11.1 Å². The Morgan fingerprint density at radius 3 is 2.56 bits per heavy atom. The Bertz CT molecular complexity index is 613. The number of nitrogens with two attached hydrogens (primary N) is 1. The summed E-state index contributed by atoms with van der Waals surface area (Å²) in [6.07, 6.45) is 5.89. The number of unbranched alkanes of at least 4 members (excludes halogenated alkanes) is 2. The average Bonchev–Trinajstić information content (AvgIpc) is 3.10. The largest absolute Gasteiger partial charge is 0.368 e. The van der Waals surface area contributed by atoms with E-state index in [0.29, 0.717) is 18.5 Å². The number of primary amides is 1. The fraction of sp³-hybridized carbons (Fsp3) is 0.526. The van der Waals surface area contributed by atoms with E-state index in [2.05, 4.69) is 12.2 Å². The molecule has 0 aromatic heterocycles. The number of carbonyl (C=O) groups is 3. The number of hydrogen-bond donors (Lipinski definition) is 2. The zero-order valence-corrected chi connectivity index (χ0v) is 14.8. The van der Waals surface area contributed by atoms with Crippen LogP contribution in [-0.2, 0) is 16.0 Å². The molecule has 0 radical (unpaired) electrons. The van der Waals surface area contributed by atoms with E-state index in [4.69, 9.17) is 5.73 Å². The van der Waals surface area contributed by atoms with Crippen LogP contribution in [0.1, 0.15) is 54.9 Å². The first-order valence-corrected chi connectivity index (χ1v) is 8.99. The van der Waals surface area contributed by atoms with Crippen LogP contribution in [0.3, 0.4) is 0 Å². The summed E-state index contributed by atoms with van der Waals surface area (Å²) >= 11 is 0. The molecule has 1 unspecified atom stereocenters. The Morgan fingerprint density at radius 2 is 1.92 bits per heavy atom. The molecule has 1 aliphatic rings. The fourth-order valence-electron chi connectivity index (χ4n) is 3.12. The highest BCUT2D eigenvalue weighted by atomic mass is 16.2. The van der Waals surface area contributed by atoms with E-state index in [1.165, 1.54) is 23.3 Å². The monoisotopic (exact) mass is 345 g/mol. The summed E-state index contributed by atoms with van der Waals surface area (Å²) in [7, 11) is 0. The van der Waals surface area contributed by atoms with Crippen LogP contribution in [-0.4, -0.2) is 41.8 Å². The molecular formula is C19H27N3O3.